The molecule has 0 bridgehead atoms. The van der Waals surface area contributed by atoms with Gasteiger partial charge < -0.3 is 10.4 Å². The number of hydrogen-bond donors (Lipinski definition) is 2. The summed E-state index contributed by atoms with van der Waals surface area (Å²) in [6.07, 6.45) is 1.75. The van der Waals surface area contributed by atoms with Crippen molar-refractivity contribution in [2.24, 2.45) is 13.0 Å². The van der Waals surface area contributed by atoms with Gasteiger partial charge in [-0.15, -0.1) is 0 Å². The fourth-order valence-electron chi connectivity index (χ4n) is 2.48. The lowest BCUT2D eigenvalue weighted by Crippen LogP contribution is -2.33. The largest absolute Gasteiger partial charge is 0.481 e. The quantitative estimate of drug-likeness (QED) is 0.878. The van der Waals surface area contributed by atoms with Gasteiger partial charge in [0.25, 0.3) is 5.91 Å². The van der Waals surface area contributed by atoms with Crippen molar-refractivity contribution in [3.05, 3.63) is 16.4 Å². The molecule has 1 saturated carbocycles. The van der Waals surface area contributed by atoms with Crippen molar-refractivity contribution < 1.29 is 14.7 Å². The molecule has 6 nitrogen and oxygen atoms in total. The Labute approximate surface area is 115 Å². The second-order valence-electron chi connectivity index (χ2n) is 4.89. The van der Waals surface area contributed by atoms with E-state index in [9.17, 15) is 9.59 Å². The van der Waals surface area contributed by atoms with E-state index in [0.29, 0.717) is 35.7 Å². The lowest BCUT2D eigenvalue weighted by molar-refractivity contribution is -0.141. The smallest absolute Gasteiger partial charge is 0.306 e. The van der Waals surface area contributed by atoms with E-state index in [-0.39, 0.29) is 17.9 Å². The number of halogens is 1. The molecule has 0 saturated heterocycles. The summed E-state index contributed by atoms with van der Waals surface area (Å²) in [7, 11) is 1.67. The highest BCUT2D eigenvalue weighted by Gasteiger charge is 2.31. The number of carbonyl (C=O) groups excluding carboxylic acids is 1. The number of nitrogens with zero attached hydrogens (tertiary/aromatic N) is 2. The number of hydrogen-bond acceptors (Lipinski definition) is 3. The van der Waals surface area contributed by atoms with Crippen LogP contribution in [-0.2, 0) is 11.8 Å². The first-order valence-corrected chi connectivity index (χ1v) is 6.50. The molecule has 0 spiro atoms. The molecule has 7 heteroatoms. The Balaban J connectivity index is 2.04. The van der Waals surface area contributed by atoms with Gasteiger partial charge in [-0.3, -0.25) is 14.3 Å². The fourth-order valence-corrected chi connectivity index (χ4v) is 2.74. The highest BCUT2D eigenvalue weighted by molar-refractivity contribution is 6.33. The Bertz CT molecular complexity index is 527. The molecule has 19 heavy (non-hydrogen) atoms. The minimum atomic E-state index is -0.799. The van der Waals surface area contributed by atoms with E-state index in [2.05, 4.69) is 10.4 Å². The lowest BCUT2D eigenvalue weighted by Gasteiger charge is -2.12. The molecule has 0 unspecified atom stereocenters. The summed E-state index contributed by atoms with van der Waals surface area (Å²) in [5.74, 6) is -1.45. The summed E-state index contributed by atoms with van der Waals surface area (Å²) in [4.78, 5) is 23.0. The number of carboxylic acids is 1. The number of carbonyl (C=O) groups is 2. The molecule has 1 amide bonds. The van der Waals surface area contributed by atoms with Crippen LogP contribution < -0.4 is 5.32 Å². The molecule has 0 radical (unpaired) electrons. The topological polar surface area (TPSA) is 84.2 Å². The summed E-state index contributed by atoms with van der Waals surface area (Å²) < 4.78 is 1.44. The predicted molar refractivity (Wildman–Crippen MR) is 69.2 cm³/mol. The van der Waals surface area contributed by atoms with Crippen LogP contribution in [0.4, 0.5) is 0 Å². The Kier molecular flexibility index (Phi) is 3.80. The standard InChI is InChI=1S/C12H16ClN3O3/c1-6-9(10(13)16(2)15-6)11(17)14-8-4-3-7(5-8)12(18)19/h7-8H,3-5H2,1-2H3,(H,14,17)(H,18,19)/t7-,8+/m1/s1. The van der Waals surface area contributed by atoms with Gasteiger partial charge in [-0.1, -0.05) is 11.6 Å². The highest BCUT2D eigenvalue weighted by Crippen LogP contribution is 2.26. The van der Waals surface area contributed by atoms with E-state index >= 15 is 0 Å². The maximum atomic E-state index is 12.1. The Morgan fingerprint density at radius 3 is 2.63 bits per heavy atom. The van der Waals surface area contributed by atoms with E-state index in [1.807, 2.05) is 0 Å². The first-order chi connectivity index (χ1) is 8.90. The number of rotatable bonds is 3. The summed E-state index contributed by atoms with van der Waals surface area (Å²) in [6.45, 7) is 1.72. The minimum Gasteiger partial charge on any atom is -0.481 e. The van der Waals surface area contributed by atoms with Crippen LogP contribution in [-0.4, -0.2) is 32.8 Å². The van der Waals surface area contributed by atoms with Crippen LogP contribution in [0.5, 0.6) is 0 Å². The SMILES string of the molecule is Cc1nn(C)c(Cl)c1C(=O)N[C@H]1CC[C@@H](C(=O)O)C1. The number of amides is 1. The second kappa shape index (κ2) is 5.21. The van der Waals surface area contributed by atoms with Crippen molar-refractivity contribution in [1.82, 2.24) is 15.1 Å². The zero-order valence-corrected chi connectivity index (χ0v) is 11.6. The summed E-state index contributed by atoms with van der Waals surface area (Å²) in [6, 6.07) is -0.107. The average Bonchev–Trinajstić information content (AvgIpc) is 2.85. The van der Waals surface area contributed by atoms with Crippen molar-refractivity contribution in [2.75, 3.05) is 0 Å². The number of carboxylic acid groups (broad SMARTS) is 1. The van der Waals surface area contributed by atoms with E-state index < -0.39 is 5.97 Å². The van der Waals surface area contributed by atoms with E-state index in [1.54, 1.807) is 14.0 Å². The van der Waals surface area contributed by atoms with Gasteiger partial charge in [0.2, 0.25) is 0 Å². The molecule has 0 aromatic carbocycles. The molecule has 1 heterocycles. The van der Waals surface area contributed by atoms with Crippen LogP contribution in [0.3, 0.4) is 0 Å². The molecule has 2 atom stereocenters. The molecule has 1 fully saturated rings. The van der Waals surface area contributed by atoms with Gasteiger partial charge in [-0.2, -0.15) is 5.10 Å². The first kappa shape index (κ1) is 13.9. The molecular weight excluding hydrogens is 270 g/mol. The van der Waals surface area contributed by atoms with Crippen molar-refractivity contribution >= 4 is 23.5 Å². The van der Waals surface area contributed by atoms with Crippen molar-refractivity contribution in [3.8, 4) is 0 Å². The van der Waals surface area contributed by atoms with Gasteiger partial charge in [0.15, 0.2) is 0 Å². The minimum absolute atomic E-state index is 0.107. The molecule has 1 aromatic heterocycles. The average molecular weight is 286 g/mol. The van der Waals surface area contributed by atoms with Crippen LogP contribution in [0.25, 0.3) is 0 Å². The predicted octanol–water partition coefficient (Wildman–Crippen LogP) is 1.37. The van der Waals surface area contributed by atoms with Crippen LogP contribution in [0, 0.1) is 12.8 Å². The van der Waals surface area contributed by atoms with E-state index in [4.69, 9.17) is 16.7 Å². The maximum absolute atomic E-state index is 12.1. The lowest BCUT2D eigenvalue weighted by atomic mass is 10.1. The summed E-state index contributed by atoms with van der Waals surface area (Å²) in [5.41, 5.74) is 0.931. The van der Waals surface area contributed by atoms with Gasteiger partial charge in [-0.05, 0) is 26.2 Å². The Morgan fingerprint density at radius 2 is 2.16 bits per heavy atom. The van der Waals surface area contributed by atoms with Crippen LogP contribution in [0.15, 0.2) is 0 Å². The zero-order chi connectivity index (χ0) is 14.2. The van der Waals surface area contributed by atoms with Gasteiger partial charge in [0.1, 0.15) is 5.15 Å². The van der Waals surface area contributed by atoms with Crippen molar-refractivity contribution in [2.45, 2.75) is 32.2 Å². The monoisotopic (exact) mass is 285 g/mol. The first-order valence-electron chi connectivity index (χ1n) is 6.13. The molecule has 1 aliphatic rings. The molecule has 1 aliphatic carbocycles. The van der Waals surface area contributed by atoms with E-state index in [1.165, 1.54) is 4.68 Å². The van der Waals surface area contributed by atoms with Gasteiger partial charge >= 0.3 is 5.97 Å². The maximum Gasteiger partial charge on any atom is 0.306 e. The fraction of sp³-hybridized carbons (Fsp3) is 0.583. The van der Waals surface area contributed by atoms with Crippen LogP contribution in [0.2, 0.25) is 5.15 Å². The van der Waals surface area contributed by atoms with Gasteiger partial charge in [-0.25, -0.2) is 0 Å². The van der Waals surface area contributed by atoms with Gasteiger partial charge in [0.05, 0.1) is 17.2 Å². The third kappa shape index (κ3) is 2.73. The van der Waals surface area contributed by atoms with Gasteiger partial charge in [0, 0.05) is 13.1 Å². The summed E-state index contributed by atoms with van der Waals surface area (Å²) >= 11 is 6.02. The number of nitrogens with one attached hydrogen (secondary N) is 1. The molecule has 2 N–H and O–H groups in total. The number of aryl methyl sites for hydroxylation is 2. The van der Waals surface area contributed by atoms with Crippen LogP contribution in [0.1, 0.15) is 35.3 Å². The van der Waals surface area contributed by atoms with Crippen molar-refractivity contribution in [1.29, 1.82) is 0 Å². The third-order valence-electron chi connectivity index (χ3n) is 3.50. The molecule has 1 aromatic rings. The number of aromatic nitrogens is 2. The van der Waals surface area contributed by atoms with Crippen LogP contribution >= 0.6 is 11.6 Å². The van der Waals surface area contributed by atoms with Crippen molar-refractivity contribution in [3.63, 3.8) is 0 Å². The third-order valence-corrected chi connectivity index (χ3v) is 3.93. The molecular formula is C12H16ClN3O3. The second-order valence-corrected chi connectivity index (χ2v) is 5.25. The normalized spacial score (nSPS) is 22.5. The molecule has 104 valence electrons. The Hall–Kier alpha value is -1.56. The summed E-state index contributed by atoms with van der Waals surface area (Å²) in [5, 5.41) is 16.1. The number of aliphatic carboxylic acids is 1. The van der Waals surface area contributed by atoms with E-state index in [0.717, 1.165) is 0 Å². The molecule has 2 rings (SSSR count). The molecule has 0 aliphatic heterocycles. The Morgan fingerprint density at radius 1 is 1.47 bits per heavy atom. The zero-order valence-electron chi connectivity index (χ0n) is 10.8. The highest BCUT2D eigenvalue weighted by atomic mass is 35.5.